The van der Waals surface area contributed by atoms with Gasteiger partial charge in [-0.3, -0.25) is 4.79 Å². The molecule has 0 saturated heterocycles. The Hall–Kier alpha value is -2.00. The van der Waals surface area contributed by atoms with Gasteiger partial charge in [-0.1, -0.05) is 54.2 Å². The van der Waals surface area contributed by atoms with Crippen LogP contribution in [0.4, 0.5) is 0 Å². The van der Waals surface area contributed by atoms with Gasteiger partial charge in [0, 0.05) is 17.7 Å². The van der Waals surface area contributed by atoms with E-state index < -0.39 is 0 Å². The topological polar surface area (TPSA) is 37.3 Å². The van der Waals surface area contributed by atoms with E-state index in [-0.39, 0.29) is 17.5 Å². The summed E-state index contributed by atoms with van der Waals surface area (Å²) >= 11 is 1.40. The molecule has 1 unspecified atom stereocenters. The van der Waals surface area contributed by atoms with Crippen molar-refractivity contribution in [3.8, 4) is 0 Å². The summed E-state index contributed by atoms with van der Waals surface area (Å²) in [5, 5.41) is 10.4. The Kier molecular flexibility index (Phi) is 4.58. The van der Waals surface area contributed by atoms with Crippen LogP contribution in [0, 0.1) is 13.8 Å². The smallest absolute Gasteiger partial charge is 0.173 e. The van der Waals surface area contributed by atoms with Crippen LogP contribution < -0.4 is 0 Å². The summed E-state index contributed by atoms with van der Waals surface area (Å²) in [6, 6.07) is 16.1. The van der Waals surface area contributed by atoms with Crippen LogP contribution >= 0.6 is 11.8 Å². The lowest BCUT2D eigenvalue weighted by Crippen LogP contribution is -2.17. The Morgan fingerprint density at radius 1 is 1.04 bits per heavy atom. The molecule has 0 heterocycles. The molecule has 0 aromatic heterocycles. The van der Waals surface area contributed by atoms with Crippen LogP contribution in [0.25, 0.3) is 0 Å². The largest absolute Gasteiger partial charge is 0.511 e. The van der Waals surface area contributed by atoms with Crippen molar-refractivity contribution in [3.63, 3.8) is 0 Å². The molecule has 3 rings (SSSR count). The molecule has 1 aliphatic rings. The Bertz CT molecular complexity index is 762. The number of hydrogen-bond acceptors (Lipinski definition) is 3. The van der Waals surface area contributed by atoms with Gasteiger partial charge >= 0.3 is 0 Å². The standard InChI is InChI=1S/C20H20O2S/c1-13-8-9-14(2)19(10-13)23-20-17(21)11-16(12-18(20)22)15-6-4-3-5-7-15/h3-10,16,21H,11-12H2,1-2H3. The lowest BCUT2D eigenvalue weighted by Gasteiger charge is -2.23. The fourth-order valence-corrected chi connectivity index (χ4v) is 3.97. The summed E-state index contributed by atoms with van der Waals surface area (Å²) in [6.45, 7) is 4.06. The predicted octanol–water partition coefficient (Wildman–Crippen LogP) is 5.31. The summed E-state index contributed by atoms with van der Waals surface area (Å²) in [6.07, 6.45) is 0.990. The number of aryl methyl sites for hydroxylation is 2. The number of rotatable bonds is 3. The monoisotopic (exact) mass is 324 g/mol. The van der Waals surface area contributed by atoms with Crippen molar-refractivity contribution in [1.29, 1.82) is 0 Å². The van der Waals surface area contributed by atoms with E-state index in [0.29, 0.717) is 17.7 Å². The van der Waals surface area contributed by atoms with Gasteiger partial charge in [0.25, 0.3) is 0 Å². The average Bonchev–Trinajstić information content (AvgIpc) is 2.54. The van der Waals surface area contributed by atoms with Crippen LogP contribution in [-0.4, -0.2) is 10.9 Å². The molecule has 0 radical (unpaired) electrons. The number of hydrogen-bond donors (Lipinski definition) is 1. The van der Waals surface area contributed by atoms with Gasteiger partial charge in [-0.2, -0.15) is 0 Å². The van der Waals surface area contributed by atoms with Crippen LogP contribution in [0.1, 0.15) is 35.4 Å². The maximum absolute atomic E-state index is 12.6. The van der Waals surface area contributed by atoms with Crippen molar-refractivity contribution < 1.29 is 9.90 Å². The van der Waals surface area contributed by atoms with Crippen molar-refractivity contribution in [1.82, 2.24) is 0 Å². The van der Waals surface area contributed by atoms with Gasteiger partial charge in [0.15, 0.2) is 5.78 Å². The van der Waals surface area contributed by atoms with Crippen molar-refractivity contribution in [2.24, 2.45) is 0 Å². The molecule has 0 spiro atoms. The molecule has 1 aliphatic carbocycles. The lowest BCUT2D eigenvalue weighted by atomic mass is 9.86. The molecule has 1 atom stereocenters. The first-order valence-corrected chi connectivity index (χ1v) is 8.61. The Morgan fingerprint density at radius 3 is 2.48 bits per heavy atom. The molecule has 0 saturated carbocycles. The number of aliphatic hydroxyl groups excluding tert-OH is 1. The fourth-order valence-electron chi connectivity index (χ4n) is 2.88. The second kappa shape index (κ2) is 6.63. The van der Waals surface area contributed by atoms with Crippen LogP contribution in [0.5, 0.6) is 0 Å². The van der Waals surface area contributed by atoms with E-state index in [1.54, 1.807) is 0 Å². The Labute approximate surface area is 141 Å². The van der Waals surface area contributed by atoms with Gasteiger partial charge in [-0.05, 0) is 42.5 Å². The van der Waals surface area contributed by atoms with Crippen LogP contribution in [0.2, 0.25) is 0 Å². The number of allylic oxidation sites excluding steroid dienone is 2. The Balaban J connectivity index is 1.86. The van der Waals surface area contributed by atoms with E-state index in [2.05, 4.69) is 18.2 Å². The van der Waals surface area contributed by atoms with Gasteiger partial charge in [0.05, 0.1) is 4.91 Å². The first-order valence-electron chi connectivity index (χ1n) is 7.80. The molecule has 2 aromatic carbocycles. The van der Waals surface area contributed by atoms with Gasteiger partial charge in [0.1, 0.15) is 5.76 Å². The summed E-state index contributed by atoms with van der Waals surface area (Å²) in [4.78, 5) is 14.1. The molecule has 0 amide bonds. The van der Waals surface area contributed by atoms with Crippen molar-refractivity contribution in [2.75, 3.05) is 0 Å². The highest BCUT2D eigenvalue weighted by atomic mass is 32.2. The highest BCUT2D eigenvalue weighted by Gasteiger charge is 2.29. The maximum atomic E-state index is 12.6. The lowest BCUT2D eigenvalue weighted by molar-refractivity contribution is -0.115. The van der Waals surface area contributed by atoms with E-state index in [1.165, 1.54) is 11.8 Å². The SMILES string of the molecule is Cc1ccc(C)c(SC2=C(O)CC(c3ccccc3)CC2=O)c1. The van der Waals surface area contributed by atoms with E-state index in [1.807, 2.05) is 44.2 Å². The fraction of sp³-hybridized carbons (Fsp3) is 0.250. The molecular weight excluding hydrogens is 304 g/mol. The minimum absolute atomic E-state index is 0.0357. The first-order chi connectivity index (χ1) is 11.0. The summed E-state index contributed by atoms with van der Waals surface area (Å²) < 4.78 is 0. The summed E-state index contributed by atoms with van der Waals surface area (Å²) in [5.41, 5.74) is 3.39. The molecule has 0 aliphatic heterocycles. The molecule has 3 heteroatoms. The molecule has 118 valence electrons. The zero-order chi connectivity index (χ0) is 16.4. The van der Waals surface area contributed by atoms with Crippen LogP contribution in [0.3, 0.4) is 0 Å². The molecule has 2 nitrogen and oxygen atoms in total. The second-order valence-corrected chi connectivity index (χ2v) is 7.14. The Morgan fingerprint density at radius 2 is 1.78 bits per heavy atom. The number of carbonyl (C=O) groups excluding carboxylic acids is 1. The normalized spacial score (nSPS) is 18.3. The molecular formula is C20H20O2S. The molecule has 0 fully saturated rings. The predicted molar refractivity (Wildman–Crippen MR) is 94.9 cm³/mol. The van der Waals surface area contributed by atoms with Gasteiger partial charge in [-0.25, -0.2) is 0 Å². The number of aliphatic hydroxyl groups is 1. The zero-order valence-electron chi connectivity index (χ0n) is 13.4. The van der Waals surface area contributed by atoms with Gasteiger partial charge in [-0.15, -0.1) is 0 Å². The number of carbonyl (C=O) groups is 1. The third kappa shape index (κ3) is 3.50. The van der Waals surface area contributed by atoms with E-state index in [0.717, 1.165) is 21.6 Å². The third-order valence-corrected chi connectivity index (χ3v) is 5.54. The van der Waals surface area contributed by atoms with Crippen molar-refractivity contribution >= 4 is 17.5 Å². The van der Waals surface area contributed by atoms with Gasteiger partial charge < -0.3 is 5.11 Å². The quantitative estimate of drug-likeness (QED) is 0.831. The minimum Gasteiger partial charge on any atom is -0.511 e. The highest BCUT2D eigenvalue weighted by Crippen LogP contribution is 2.41. The third-order valence-electron chi connectivity index (χ3n) is 4.21. The van der Waals surface area contributed by atoms with Gasteiger partial charge in [0.2, 0.25) is 0 Å². The maximum Gasteiger partial charge on any atom is 0.173 e. The molecule has 0 bridgehead atoms. The summed E-state index contributed by atoms with van der Waals surface area (Å²) in [5.74, 6) is 0.334. The van der Waals surface area contributed by atoms with Crippen molar-refractivity contribution in [2.45, 2.75) is 37.5 Å². The molecule has 23 heavy (non-hydrogen) atoms. The molecule has 2 aromatic rings. The van der Waals surface area contributed by atoms with E-state index in [9.17, 15) is 9.90 Å². The van der Waals surface area contributed by atoms with E-state index in [4.69, 9.17) is 0 Å². The molecule has 1 N–H and O–H groups in total. The van der Waals surface area contributed by atoms with Crippen molar-refractivity contribution in [3.05, 3.63) is 75.9 Å². The number of thioether (sulfide) groups is 1. The van der Waals surface area contributed by atoms with Crippen LogP contribution in [-0.2, 0) is 4.79 Å². The average molecular weight is 324 g/mol. The number of Topliss-reactive ketones (excluding diaryl/α,β-unsaturated/α-hetero) is 1. The first kappa shape index (κ1) is 15.9. The van der Waals surface area contributed by atoms with E-state index >= 15 is 0 Å². The second-order valence-electron chi connectivity index (χ2n) is 6.09. The number of benzene rings is 2. The van der Waals surface area contributed by atoms with Crippen LogP contribution in [0.15, 0.2) is 64.1 Å². The number of ketones is 1. The minimum atomic E-state index is 0.0357. The highest BCUT2D eigenvalue weighted by molar-refractivity contribution is 8.04. The summed E-state index contributed by atoms with van der Waals surface area (Å²) in [7, 11) is 0. The zero-order valence-corrected chi connectivity index (χ0v) is 14.2.